The average Bonchev–Trinajstić information content (AvgIpc) is 2.39. The Morgan fingerprint density at radius 3 is 2.75 bits per heavy atom. The Kier molecular flexibility index (Phi) is 2.79. The lowest BCUT2D eigenvalue weighted by Gasteiger charge is -1.95. The average molecular weight is 418 g/mol. The van der Waals surface area contributed by atoms with Gasteiger partial charge in [-0.3, -0.25) is 0 Å². The minimum absolute atomic E-state index is 1.18. The molecule has 1 aromatic carbocycles. The number of hydrogen-bond donors (Lipinski definition) is 0. The lowest BCUT2D eigenvalue weighted by Crippen LogP contribution is -1.72. The first-order valence-electron chi connectivity index (χ1n) is 3.21. The second-order valence-electron chi connectivity index (χ2n) is 2.33. The zero-order valence-corrected chi connectivity index (χ0v) is 11.9. The Hall–Kier alpha value is 0.870. The Labute approximate surface area is 105 Å². The van der Waals surface area contributed by atoms with Crippen molar-refractivity contribution in [2.24, 2.45) is 0 Å². The first kappa shape index (κ1) is 9.43. The monoisotopic (exact) mass is 416 g/mol. The van der Waals surface area contributed by atoms with Crippen LogP contribution in [-0.4, -0.2) is 0 Å². The highest BCUT2D eigenvalue weighted by atomic mass is 127. The first-order valence-corrected chi connectivity index (χ1v) is 6.69. The van der Waals surface area contributed by atoms with Crippen LogP contribution < -0.4 is 0 Å². The summed E-state index contributed by atoms with van der Waals surface area (Å²) in [4.78, 5) is 0. The van der Waals surface area contributed by atoms with Crippen molar-refractivity contribution in [3.63, 3.8) is 0 Å². The van der Waals surface area contributed by atoms with Crippen molar-refractivity contribution in [1.29, 1.82) is 0 Å². The molecule has 0 amide bonds. The summed E-state index contributed by atoms with van der Waals surface area (Å²) < 4.78 is 4.96. The minimum atomic E-state index is 1.18. The van der Waals surface area contributed by atoms with Gasteiger partial charge >= 0.3 is 0 Å². The maximum Gasteiger partial charge on any atom is 0.0711 e. The van der Waals surface area contributed by atoms with Crippen LogP contribution in [0.25, 0.3) is 10.1 Å². The number of rotatable bonds is 0. The molecule has 0 bridgehead atoms. The molecular weight excluding hydrogens is 415 g/mol. The molecule has 12 heavy (non-hydrogen) atoms. The smallest absolute Gasteiger partial charge is 0.0711 e. The Bertz CT molecular complexity index is 436. The number of halogens is 3. The van der Waals surface area contributed by atoms with Crippen LogP contribution in [0.4, 0.5) is 0 Å². The fourth-order valence-electron chi connectivity index (χ4n) is 1.01. The van der Waals surface area contributed by atoms with E-state index in [2.05, 4.69) is 72.6 Å². The molecule has 4 heteroatoms. The van der Waals surface area contributed by atoms with Crippen LogP contribution in [0.1, 0.15) is 0 Å². The molecule has 0 unspecified atom stereocenters. The summed E-state index contributed by atoms with van der Waals surface area (Å²) in [5.74, 6) is 0. The molecule has 0 nitrogen and oxygen atoms in total. The molecule has 0 aliphatic carbocycles. The normalized spacial score (nSPS) is 10.9. The molecule has 0 fully saturated rings. The maximum atomic E-state index is 3.58. The van der Waals surface area contributed by atoms with Crippen molar-refractivity contribution in [2.75, 3.05) is 0 Å². The van der Waals surface area contributed by atoms with Gasteiger partial charge in [0.1, 0.15) is 0 Å². The number of fused-ring (bicyclic) bond motifs is 1. The minimum Gasteiger partial charge on any atom is -0.127 e. The topological polar surface area (TPSA) is 0 Å². The second kappa shape index (κ2) is 3.55. The Morgan fingerprint density at radius 1 is 1.25 bits per heavy atom. The fraction of sp³-hybridized carbons (Fsp3) is 0. The molecule has 2 rings (SSSR count). The predicted molar refractivity (Wildman–Crippen MR) is 69.9 cm³/mol. The summed E-state index contributed by atoms with van der Waals surface area (Å²) in [5, 5.41) is 1.29. The van der Waals surface area contributed by atoms with E-state index in [1.165, 1.54) is 21.9 Å². The fourth-order valence-corrected chi connectivity index (χ4v) is 3.81. The van der Waals surface area contributed by atoms with Gasteiger partial charge < -0.3 is 0 Å². The quantitative estimate of drug-likeness (QED) is 0.527. The summed E-state index contributed by atoms with van der Waals surface area (Å²) >= 11 is 11.1. The van der Waals surface area contributed by atoms with Crippen molar-refractivity contribution < 1.29 is 0 Å². The molecule has 0 N–H and O–H groups in total. The molecule has 0 aliphatic heterocycles. The highest BCUT2D eigenvalue weighted by Gasteiger charge is 2.05. The molecule has 0 saturated carbocycles. The van der Waals surface area contributed by atoms with Crippen LogP contribution in [0.2, 0.25) is 0 Å². The SMILES string of the molecule is Brc1cc2ccc(I)c(Br)c2s1. The van der Waals surface area contributed by atoms with E-state index in [0.29, 0.717) is 0 Å². The summed E-state index contributed by atoms with van der Waals surface area (Å²) in [7, 11) is 0. The molecule has 2 aromatic rings. The first-order chi connectivity index (χ1) is 5.68. The van der Waals surface area contributed by atoms with E-state index in [0.717, 1.165) is 0 Å². The van der Waals surface area contributed by atoms with Crippen LogP contribution in [0.15, 0.2) is 26.5 Å². The summed E-state index contributed by atoms with van der Waals surface area (Å²) in [6, 6.07) is 6.40. The predicted octanol–water partition coefficient (Wildman–Crippen LogP) is 5.03. The van der Waals surface area contributed by atoms with Crippen molar-refractivity contribution in [2.45, 2.75) is 0 Å². The molecule has 0 atom stereocenters. The lowest BCUT2D eigenvalue weighted by atomic mass is 10.3. The van der Waals surface area contributed by atoms with Gasteiger partial charge in [-0.05, 0) is 72.0 Å². The van der Waals surface area contributed by atoms with Crippen LogP contribution in [0, 0.1) is 3.57 Å². The van der Waals surface area contributed by atoms with Gasteiger partial charge in [-0.25, -0.2) is 0 Å². The Balaban J connectivity index is 2.89. The van der Waals surface area contributed by atoms with E-state index in [1.807, 2.05) is 0 Å². The van der Waals surface area contributed by atoms with E-state index in [4.69, 9.17) is 0 Å². The molecule has 1 heterocycles. The van der Waals surface area contributed by atoms with E-state index < -0.39 is 0 Å². The van der Waals surface area contributed by atoms with E-state index in [-0.39, 0.29) is 0 Å². The van der Waals surface area contributed by atoms with Gasteiger partial charge in [0.2, 0.25) is 0 Å². The van der Waals surface area contributed by atoms with Gasteiger partial charge in [-0.1, -0.05) is 6.07 Å². The summed E-state index contributed by atoms with van der Waals surface area (Å²) in [6.07, 6.45) is 0. The van der Waals surface area contributed by atoms with Gasteiger partial charge in [0.15, 0.2) is 0 Å². The number of thiophene rings is 1. The van der Waals surface area contributed by atoms with Crippen molar-refractivity contribution >= 4 is 75.9 Å². The lowest BCUT2D eigenvalue weighted by molar-refractivity contribution is 1.70. The van der Waals surface area contributed by atoms with E-state index in [9.17, 15) is 0 Å². The van der Waals surface area contributed by atoms with Crippen LogP contribution in [0.3, 0.4) is 0 Å². The zero-order chi connectivity index (χ0) is 8.72. The van der Waals surface area contributed by atoms with Crippen molar-refractivity contribution in [1.82, 2.24) is 0 Å². The number of hydrogen-bond acceptors (Lipinski definition) is 1. The van der Waals surface area contributed by atoms with Crippen LogP contribution in [-0.2, 0) is 0 Å². The molecule has 0 aliphatic rings. The van der Waals surface area contributed by atoms with Crippen LogP contribution in [0.5, 0.6) is 0 Å². The highest BCUT2D eigenvalue weighted by Crippen LogP contribution is 2.37. The molecule has 1 aromatic heterocycles. The standard InChI is InChI=1S/C8H3Br2IS/c9-6-3-4-1-2-5(11)7(10)8(4)12-6/h1-3H. The van der Waals surface area contributed by atoms with Gasteiger partial charge in [-0.2, -0.15) is 0 Å². The third kappa shape index (κ3) is 1.58. The van der Waals surface area contributed by atoms with E-state index in [1.54, 1.807) is 11.3 Å². The third-order valence-corrected chi connectivity index (χ3v) is 5.95. The zero-order valence-electron chi connectivity index (χ0n) is 5.77. The van der Waals surface area contributed by atoms with Gasteiger partial charge in [0.25, 0.3) is 0 Å². The second-order valence-corrected chi connectivity index (χ2v) is 6.72. The molecule has 0 radical (unpaired) electrons. The maximum absolute atomic E-state index is 3.58. The molecule has 0 saturated heterocycles. The third-order valence-electron chi connectivity index (χ3n) is 1.55. The van der Waals surface area contributed by atoms with Crippen LogP contribution >= 0.6 is 65.8 Å². The van der Waals surface area contributed by atoms with Crippen molar-refractivity contribution in [3.05, 3.63) is 30.0 Å². The summed E-state index contributed by atoms with van der Waals surface area (Å²) in [6.45, 7) is 0. The van der Waals surface area contributed by atoms with Gasteiger partial charge in [0.05, 0.1) is 8.49 Å². The largest absolute Gasteiger partial charge is 0.127 e. The van der Waals surface area contributed by atoms with Gasteiger partial charge in [0, 0.05) is 8.04 Å². The van der Waals surface area contributed by atoms with E-state index >= 15 is 0 Å². The molecule has 62 valence electrons. The van der Waals surface area contributed by atoms with Crippen molar-refractivity contribution in [3.8, 4) is 0 Å². The van der Waals surface area contributed by atoms with Gasteiger partial charge in [-0.15, -0.1) is 11.3 Å². The summed E-state index contributed by atoms with van der Waals surface area (Å²) in [5.41, 5.74) is 0. The Morgan fingerprint density at radius 2 is 2.00 bits per heavy atom. The molecular formula is C8H3Br2IS. The number of benzene rings is 1. The molecule has 0 spiro atoms. The highest BCUT2D eigenvalue weighted by molar-refractivity contribution is 14.1.